The van der Waals surface area contributed by atoms with Gasteiger partial charge in [-0.1, -0.05) is 6.07 Å². The van der Waals surface area contributed by atoms with Gasteiger partial charge in [0, 0.05) is 18.8 Å². The van der Waals surface area contributed by atoms with E-state index >= 15 is 0 Å². The van der Waals surface area contributed by atoms with Crippen LogP contribution in [0.2, 0.25) is 0 Å². The van der Waals surface area contributed by atoms with Gasteiger partial charge in [0.2, 0.25) is 0 Å². The highest BCUT2D eigenvalue weighted by molar-refractivity contribution is 7.82. The summed E-state index contributed by atoms with van der Waals surface area (Å²) in [5, 5.41) is 0. The molecule has 2 rings (SSSR count). The van der Waals surface area contributed by atoms with Crippen molar-refractivity contribution < 1.29 is 8.95 Å². The van der Waals surface area contributed by atoms with Crippen molar-refractivity contribution in [3.63, 3.8) is 0 Å². The molecule has 2 N–H and O–H groups in total. The second kappa shape index (κ2) is 4.74. The van der Waals surface area contributed by atoms with Crippen molar-refractivity contribution >= 4 is 16.7 Å². The first kappa shape index (κ1) is 10.6. The summed E-state index contributed by atoms with van der Waals surface area (Å²) < 4.78 is 19.2. The summed E-state index contributed by atoms with van der Waals surface area (Å²) in [5.41, 5.74) is 6.30. The maximum absolute atomic E-state index is 12.1. The van der Waals surface area contributed by atoms with E-state index in [-0.39, 0.29) is 0 Å². The van der Waals surface area contributed by atoms with E-state index in [9.17, 15) is 4.21 Å². The summed E-state index contributed by atoms with van der Waals surface area (Å²) in [4.78, 5) is 0.761. The van der Waals surface area contributed by atoms with E-state index in [0.29, 0.717) is 32.0 Å². The van der Waals surface area contributed by atoms with E-state index in [1.807, 2.05) is 16.4 Å². The zero-order chi connectivity index (χ0) is 10.7. The van der Waals surface area contributed by atoms with Crippen LogP contribution in [0.1, 0.15) is 0 Å². The molecule has 1 aliphatic heterocycles. The largest absolute Gasteiger partial charge is 0.399 e. The van der Waals surface area contributed by atoms with Gasteiger partial charge in [0.15, 0.2) is 0 Å². The fourth-order valence-corrected chi connectivity index (χ4v) is 2.70. The SMILES string of the molecule is Nc1cccc(S(=O)N2CCOCC2)c1. The summed E-state index contributed by atoms with van der Waals surface area (Å²) in [6.45, 7) is 2.71. The number of rotatable bonds is 2. The van der Waals surface area contributed by atoms with E-state index in [2.05, 4.69) is 0 Å². The van der Waals surface area contributed by atoms with Crippen LogP contribution < -0.4 is 5.73 Å². The van der Waals surface area contributed by atoms with Gasteiger partial charge in [-0.3, -0.25) is 0 Å². The van der Waals surface area contributed by atoms with Gasteiger partial charge in [-0.15, -0.1) is 0 Å². The molecule has 5 heteroatoms. The number of nitrogen functional groups attached to an aromatic ring is 1. The lowest BCUT2D eigenvalue weighted by Crippen LogP contribution is -2.37. The van der Waals surface area contributed by atoms with E-state index in [0.717, 1.165) is 4.90 Å². The molecule has 1 unspecified atom stereocenters. The predicted molar refractivity (Wildman–Crippen MR) is 59.7 cm³/mol. The Labute approximate surface area is 91.6 Å². The molecule has 1 fully saturated rings. The number of morpholine rings is 1. The third-order valence-electron chi connectivity index (χ3n) is 2.26. The molecule has 1 aromatic carbocycles. The smallest absolute Gasteiger partial charge is 0.127 e. The Hall–Kier alpha value is -0.910. The Kier molecular flexibility index (Phi) is 3.35. The molecule has 1 aromatic rings. The van der Waals surface area contributed by atoms with Crippen molar-refractivity contribution in [2.75, 3.05) is 32.0 Å². The molecule has 1 aliphatic rings. The zero-order valence-electron chi connectivity index (χ0n) is 8.39. The van der Waals surface area contributed by atoms with Crippen molar-refractivity contribution in [2.24, 2.45) is 0 Å². The van der Waals surface area contributed by atoms with Crippen molar-refractivity contribution in [3.8, 4) is 0 Å². The van der Waals surface area contributed by atoms with Crippen LogP contribution in [0.4, 0.5) is 5.69 Å². The molecular formula is C10H14N2O2S. The predicted octanol–water partition coefficient (Wildman–Crippen LogP) is 0.624. The molecule has 15 heavy (non-hydrogen) atoms. The number of hydrogen-bond donors (Lipinski definition) is 1. The standard InChI is InChI=1S/C10H14N2O2S/c11-9-2-1-3-10(8-9)15(13)12-4-6-14-7-5-12/h1-3,8H,4-7,11H2. The average molecular weight is 226 g/mol. The lowest BCUT2D eigenvalue weighted by Gasteiger charge is -2.25. The topological polar surface area (TPSA) is 55.6 Å². The highest BCUT2D eigenvalue weighted by Crippen LogP contribution is 2.15. The number of nitrogens with zero attached hydrogens (tertiary/aromatic N) is 1. The number of benzene rings is 1. The van der Waals surface area contributed by atoms with Crippen molar-refractivity contribution in [1.29, 1.82) is 0 Å². The van der Waals surface area contributed by atoms with E-state index in [4.69, 9.17) is 10.5 Å². The highest BCUT2D eigenvalue weighted by atomic mass is 32.2. The molecule has 0 radical (unpaired) electrons. The van der Waals surface area contributed by atoms with Crippen molar-refractivity contribution in [3.05, 3.63) is 24.3 Å². The van der Waals surface area contributed by atoms with Crippen molar-refractivity contribution in [1.82, 2.24) is 4.31 Å². The third kappa shape index (κ3) is 2.56. The lowest BCUT2D eigenvalue weighted by atomic mass is 10.3. The van der Waals surface area contributed by atoms with Crippen LogP contribution in [0.5, 0.6) is 0 Å². The first-order valence-electron chi connectivity index (χ1n) is 4.87. The minimum atomic E-state index is -1.11. The summed E-state index contributed by atoms with van der Waals surface area (Å²) in [5.74, 6) is 0. The Morgan fingerprint density at radius 3 is 2.73 bits per heavy atom. The number of anilines is 1. The molecule has 0 spiro atoms. The van der Waals surface area contributed by atoms with Gasteiger partial charge in [-0.05, 0) is 18.2 Å². The van der Waals surface area contributed by atoms with Gasteiger partial charge in [0.25, 0.3) is 0 Å². The third-order valence-corrected chi connectivity index (χ3v) is 3.76. The molecule has 0 saturated carbocycles. The van der Waals surface area contributed by atoms with Crippen LogP contribution in [-0.4, -0.2) is 34.8 Å². The second-order valence-corrected chi connectivity index (χ2v) is 4.85. The molecule has 0 amide bonds. The fourth-order valence-electron chi connectivity index (χ4n) is 1.48. The Balaban J connectivity index is 2.12. The number of ether oxygens (including phenoxy) is 1. The zero-order valence-corrected chi connectivity index (χ0v) is 9.20. The Bertz CT molecular complexity index is 364. The Morgan fingerprint density at radius 2 is 2.07 bits per heavy atom. The molecular weight excluding hydrogens is 212 g/mol. The van der Waals surface area contributed by atoms with Gasteiger partial charge in [-0.25, -0.2) is 8.51 Å². The van der Waals surface area contributed by atoms with Crippen LogP contribution in [0.15, 0.2) is 29.2 Å². The number of nitrogens with two attached hydrogens (primary N) is 1. The first-order chi connectivity index (χ1) is 7.27. The molecule has 1 heterocycles. The Morgan fingerprint density at radius 1 is 1.33 bits per heavy atom. The number of hydrogen-bond acceptors (Lipinski definition) is 3. The van der Waals surface area contributed by atoms with Crippen LogP contribution >= 0.6 is 0 Å². The van der Waals surface area contributed by atoms with Gasteiger partial charge < -0.3 is 10.5 Å². The summed E-state index contributed by atoms with van der Waals surface area (Å²) in [6, 6.07) is 7.20. The normalized spacial score (nSPS) is 20.0. The minimum absolute atomic E-state index is 0.647. The van der Waals surface area contributed by atoms with Crippen LogP contribution in [0, 0.1) is 0 Å². The fraction of sp³-hybridized carbons (Fsp3) is 0.400. The van der Waals surface area contributed by atoms with Crippen LogP contribution in [0.25, 0.3) is 0 Å². The second-order valence-electron chi connectivity index (χ2n) is 3.36. The van der Waals surface area contributed by atoms with Gasteiger partial charge in [0.1, 0.15) is 11.0 Å². The van der Waals surface area contributed by atoms with Crippen LogP contribution in [0.3, 0.4) is 0 Å². The molecule has 0 aromatic heterocycles. The average Bonchev–Trinajstić information content (AvgIpc) is 2.29. The van der Waals surface area contributed by atoms with Gasteiger partial charge in [0.05, 0.1) is 18.1 Å². The minimum Gasteiger partial charge on any atom is -0.399 e. The highest BCUT2D eigenvalue weighted by Gasteiger charge is 2.17. The van der Waals surface area contributed by atoms with E-state index in [1.165, 1.54) is 0 Å². The molecule has 0 aliphatic carbocycles. The van der Waals surface area contributed by atoms with Gasteiger partial charge in [-0.2, -0.15) is 0 Å². The molecule has 1 atom stereocenters. The van der Waals surface area contributed by atoms with Crippen LogP contribution in [-0.2, 0) is 15.7 Å². The van der Waals surface area contributed by atoms with E-state index < -0.39 is 11.0 Å². The monoisotopic (exact) mass is 226 g/mol. The van der Waals surface area contributed by atoms with Gasteiger partial charge >= 0.3 is 0 Å². The summed E-state index contributed by atoms with van der Waals surface area (Å²) in [6.07, 6.45) is 0. The first-order valence-corrected chi connectivity index (χ1v) is 5.98. The quantitative estimate of drug-likeness (QED) is 0.752. The lowest BCUT2D eigenvalue weighted by molar-refractivity contribution is 0.0752. The summed E-state index contributed by atoms with van der Waals surface area (Å²) in [7, 11) is -1.11. The summed E-state index contributed by atoms with van der Waals surface area (Å²) >= 11 is 0. The molecule has 0 bridgehead atoms. The maximum Gasteiger partial charge on any atom is 0.127 e. The van der Waals surface area contributed by atoms with Crippen molar-refractivity contribution in [2.45, 2.75) is 4.90 Å². The molecule has 4 nitrogen and oxygen atoms in total. The molecule has 1 saturated heterocycles. The maximum atomic E-state index is 12.1. The van der Waals surface area contributed by atoms with E-state index in [1.54, 1.807) is 12.1 Å². The molecule has 82 valence electrons.